The van der Waals surface area contributed by atoms with E-state index in [1.54, 1.807) is 49.4 Å². The second kappa shape index (κ2) is 12.6. The van der Waals surface area contributed by atoms with Gasteiger partial charge in [-0.2, -0.15) is 18.6 Å². The van der Waals surface area contributed by atoms with Crippen molar-refractivity contribution in [1.29, 1.82) is 0 Å². The number of benzene rings is 4. The molecule has 196 valence electrons. The van der Waals surface area contributed by atoms with E-state index in [0.29, 0.717) is 28.5 Å². The van der Waals surface area contributed by atoms with E-state index >= 15 is 0 Å². The number of carbonyl (C=O) groups is 1. The van der Waals surface area contributed by atoms with Gasteiger partial charge in [-0.15, -0.1) is 0 Å². The van der Waals surface area contributed by atoms with E-state index in [0.717, 1.165) is 6.07 Å². The Morgan fingerprint density at radius 3 is 2.46 bits per heavy atom. The number of hydrogen-bond acceptors (Lipinski definition) is 7. The summed E-state index contributed by atoms with van der Waals surface area (Å²) < 4.78 is 38.1. The Kier molecular flexibility index (Phi) is 10.0. The van der Waals surface area contributed by atoms with E-state index in [4.69, 9.17) is 27.9 Å². The average molecular weight is 596 g/mol. The van der Waals surface area contributed by atoms with Gasteiger partial charge in [0.15, 0.2) is 0 Å². The summed E-state index contributed by atoms with van der Waals surface area (Å²) in [6.07, 6.45) is 0.411. The largest absolute Gasteiger partial charge is 1.00 e. The zero-order valence-electron chi connectivity index (χ0n) is 21.0. The fourth-order valence-electron chi connectivity index (χ4n) is 3.79. The molecule has 0 fully saturated rings. The Bertz CT molecular complexity index is 1710. The maximum Gasteiger partial charge on any atom is 1.00 e. The van der Waals surface area contributed by atoms with Crippen LogP contribution in [0.3, 0.4) is 0 Å². The summed E-state index contributed by atoms with van der Waals surface area (Å²) >= 11 is 12.3. The summed E-state index contributed by atoms with van der Waals surface area (Å²) in [7, 11) is -3.19. The molecule has 2 N–H and O–H groups in total. The van der Waals surface area contributed by atoms with Gasteiger partial charge in [0.1, 0.15) is 15.7 Å². The van der Waals surface area contributed by atoms with Gasteiger partial charge in [-0.05, 0) is 47.7 Å². The molecule has 0 atom stereocenters. The predicted molar refractivity (Wildman–Crippen MR) is 144 cm³/mol. The molecule has 0 saturated heterocycles. The zero-order valence-corrected chi connectivity index (χ0v) is 25.4. The first-order valence-corrected chi connectivity index (χ1v) is 13.3. The minimum atomic E-state index is -4.63. The van der Waals surface area contributed by atoms with Gasteiger partial charge in [0.05, 0.1) is 29.2 Å². The first kappa shape index (κ1) is 30.8. The van der Waals surface area contributed by atoms with Crippen LogP contribution in [-0.4, -0.2) is 26.0 Å². The van der Waals surface area contributed by atoms with Crippen LogP contribution in [0, 0.1) is 0 Å². The Labute approximate surface area is 256 Å². The number of anilines is 1. The normalized spacial score (nSPS) is 11.4. The summed E-state index contributed by atoms with van der Waals surface area (Å²) in [5, 5.41) is 25.3. The minimum Gasteiger partial charge on any atom is -0.870 e. The second-order valence-electron chi connectivity index (χ2n) is 8.04. The molecular formula is C26H20Cl2N3NaO6S. The number of nitrogens with zero attached hydrogens (tertiary/aromatic N) is 2. The number of carbonyl (C=O) groups excluding carboxylic acids is 1. The van der Waals surface area contributed by atoms with E-state index in [1.165, 1.54) is 19.2 Å². The first-order chi connectivity index (χ1) is 18.0. The van der Waals surface area contributed by atoms with Gasteiger partial charge in [-0.3, -0.25) is 9.35 Å². The molecule has 0 unspecified atom stereocenters. The fourth-order valence-corrected chi connectivity index (χ4v) is 5.09. The van der Waals surface area contributed by atoms with Crippen LogP contribution < -0.4 is 44.7 Å². The molecule has 0 radical (unpaired) electrons. The first-order valence-electron chi connectivity index (χ1n) is 11.1. The molecule has 4 aromatic rings. The number of azo groups is 1. The minimum absolute atomic E-state index is 0. The van der Waals surface area contributed by atoms with E-state index in [1.807, 2.05) is 0 Å². The van der Waals surface area contributed by atoms with Gasteiger partial charge in [0.2, 0.25) is 0 Å². The van der Waals surface area contributed by atoms with E-state index in [9.17, 15) is 22.9 Å². The van der Waals surface area contributed by atoms with Crippen molar-refractivity contribution < 1.29 is 57.2 Å². The molecule has 0 aliphatic rings. The van der Waals surface area contributed by atoms with Gasteiger partial charge in [-0.1, -0.05) is 66.2 Å². The Morgan fingerprint density at radius 2 is 1.79 bits per heavy atom. The summed E-state index contributed by atoms with van der Waals surface area (Å²) in [4.78, 5) is 12.6. The molecule has 9 nitrogen and oxygen atoms in total. The molecule has 0 spiro atoms. The topological polar surface area (TPSA) is 140 Å². The molecule has 0 aliphatic heterocycles. The number of methoxy groups -OCH3 is 1. The van der Waals surface area contributed by atoms with Crippen molar-refractivity contribution in [3.8, 4) is 11.5 Å². The third-order valence-electron chi connectivity index (χ3n) is 5.70. The van der Waals surface area contributed by atoms with Crippen molar-refractivity contribution in [2.24, 2.45) is 10.2 Å². The number of nitrogens with one attached hydrogen (secondary N) is 1. The average Bonchev–Trinajstić information content (AvgIpc) is 2.88. The second-order valence-corrected chi connectivity index (χ2v) is 10.2. The monoisotopic (exact) mass is 595 g/mol. The third kappa shape index (κ3) is 6.55. The third-order valence-corrected chi connectivity index (χ3v) is 7.41. The quantitative estimate of drug-likeness (QED) is 0.189. The summed E-state index contributed by atoms with van der Waals surface area (Å²) in [5.41, 5.74) is 0.533. The summed E-state index contributed by atoms with van der Waals surface area (Å²) in [6, 6.07) is 15.5. The number of amides is 1. The smallest absolute Gasteiger partial charge is 0.870 e. The van der Waals surface area contributed by atoms with Gasteiger partial charge in [0, 0.05) is 10.9 Å². The van der Waals surface area contributed by atoms with Gasteiger partial charge in [0.25, 0.3) is 16.0 Å². The number of ether oxygens (including phenoxy) is 1. The van der Waals surface area contributed by atoms with Crippen molar-refractivity contribution in [2.75, 3.05) is 12.4 Å². The summed E-state index contributed by atoms with van der Waals surface area (Å²) in [6.45, 7) is 1.79. The zero-order chi connectivity index (χ0) is 27.6. The van der Waals surface area contributed by atoms with Crippen molar-refractivity contribution in [3.05, 3.63) is 81.8 Å². The molecule has 0 bridgehead atoms. The van der Waals surface area contributed by atoms with Crippen LogP contribution in [0.15, 0.2) is 75.8 Å². The van der Waals surface area contributed by atoms with Gasteiger partial charge >= 0.3 is 29.6 Å². The maximum atomic E-state index is 13.4. The van der Waals surface area contributed by atoms with Gasteiger partial charge < -0.3 is 15.2 Å². The number of rotatable bonds is 7. The van der Waals surface area contributed by atoms with Gasteiger partial charge in [-0.25, -0.2) is 0 Å². The van der Waals surface area contributed by atoms with Crippen molar-refractivity contribution >= 4 is 67.1 Å². The van der Waals surface area contributed by atoms with Crippen molar-refractivity contribution in [3.63, 3.8) is 0 Å². The number of hydrogen-bond donors (Lipinski definition) is 2. The van der Waals surface area contributed by atoms with Crippen LogP contribution in [0.1, 0.15) is 22.8 Å². The summed E-state index contributed by atoms with van der Waals surface area (Å²) in [5.74, 6) is -1.08. The molecule has 13 heteroatoms. The van der Waals surface area contributed by atoms with Crippen LogP contribution in [0.2, 0.25) is 10.0 Å². The van der Waals surface area contributed by atoms with E-state index in [2.05, 4.69) is 15.5 Å². The number of aryl methyl sites for hydroxylation is 1. The van der Waals surface area contributed by atoms with E-state index in [-0.39, 0.29) is 62.2 Å². The van der Waals surface area contributed by atoms with Crippen LogP contribution in [0.25, 0.3) is 10.8 Å². The van der Waals surface area contributed by atoms with E-state index < -0.39 is 26.7 Å². The molecule has 4 rings (SSSR count). The molecule has 0 saturated carbocycles. The Morgan fingerprint density at radius 1 is 1.08 bits per heavy atom. The molecule has 0 heterocycles. The SMILES string of the molecule is CCc1cc(Cl)c(S(=O)(=O)O)cc1N=Nc1c([O-])c(C(=O)Nc2cccc(OC)c2Cl)cc2ccccc12.[Na+]. The molecule has 1 amide bonds. The van der Waals surface area contributed by atoms with Crippen LogP contribution in [-0.2, 0) is 16.5 Å². The maximum absolute atomic E-state index is 13.4. The van der Waals surface area contributed by atoms with Crippen LogP contribution in [0.4, 0.5) is 17.1 Å². The van der Waals surface area contributed by atoms with Crippen molar-refractivity contribution in [2.45, 2.75) is 18.2 Å². The molecule has 0 aromatic heterocycles. The Hall–Kier alpha value is -2.70. The predicted octanol–water partition coefficient (Wildman–Crippen LogP) is 3.71. The molecular weight excluding hydrogens is 576 g/mol. The number of fused-ring (bicyclic) bond motifs is 1. The molecule has 39 heavy (non-hydrogen) atoms. The van der Waals surface area contributed by atoms with Crippen LogP contribution >= 0.6 is 23.2 Å². The molecule has 4 aromatic carbocycles. The number of halogens is 2. The molecule has 0 aliphatic carbocycles. The fraction of sp³-hybridized carbons (Fsp3) is 0.115. The Balaban J connectivity index is 0.00000420. The standard InChI is InChI=1S/C26H21Cl2N3O6S.Na/c1-3-14-12-18(27)22(38(34,35)36)13-20(14)30-31-24-16-8-5-4-7-15(16)11-17(25(24)32)26(33)29-19-9-6-10-21(37-2)23(19)28;/h4-13,32H,3H2,1-2H3,(H,29,33)(H,34,35,36);/q;+1/p-1. The van der Waals surface area contributed by atoms with Crippen molar-refractivity contribution in [1.82, 2.24) is 0 Å². The van der Waals surface area contributed by atoms with Crippen LogP contribution in [0.5, 0.6) is 11.5 Å².